The number of rotatable bonds is 3. The Bertz CT molecular complexity index is 229. The zero-order valence-corrected chi connectivity index (χ0v) is 7.45. The number of hydrogen-bond donors (Lipinski definition) is 4. The lowest BCUT2D eigenvalue weighted by Crippen LogP contribution is -2.43. The van der Waals surface area contributed by atoms with Crippen molar-refractivity contribution >= 4 is 5.91 Å². The molecule has 0 radical (unpaired) electrons. The number of hydrogen-bond acceptors (Lipinski definition) is 5. The van der Waals surface area contributed by atoms with Crippen molar-refractivity contribution in [2.45, 2.75) is 13.0 Å². The molecule has 1 aliphatic rings. The molecule has 1 heterocycles. The third-order valence-electron chi connectivity index (χ3n) is 1.85. The van der Waals surface area contributed by atoms with Crippen LogP contribution in [0, 0.1) is 0 Å². The Labute approximate surface area is 76.3 Å². The van der Waals surface area contributed by atoms with E-state index in [4.69, 9.17) is 10.9 Å². The van der Waals surface area contributed by atoms with Gasteiger partial charge in [-0.25, -0.2) is 11.3 Å². The molecule has 0 saturated heterocycles. The second kappa shape index (κ2) is 4.22. The fourth-order valence-corrected chi connectivity index (χ4v) is 1.21. The Hall–Kier alpha value is -1.11. The van der Waals surface area contributed by atoms with Crippen LogP contribution in [0.5, 0.6) is 0 Å². The molecule has 13 heavy (non-hydrogen) atoms. The predicted octanol–water partition coefficient (Wildman–Crippen LogP) is -1.94. The second-order valence-corrected chi connectivity index (χ2v) is 2.69. The van der Waals surface area contributed by atoms with E-state index in [1.807, 2.05) is 12.3 Å². The molecule has 0 aromatic carbocycles. The number of carbonyl (C=O) groups excluding carboxylic acids is 1. The summed E-state index contributed by atoms with van der Waals surface area (Å²) in [4.78, 5) is 11.2. The molecule has 5 N–H and O–H groups in total. The van der Waals surface area contributed by atoms with Gasteiger partial charge < -0.3 is 10.1 Å². The Morgan fingerprint density at radius 3 is 3.08 bits per heavy atom. The summed E-state index contributed by atoms with van der Waals surface area (Å²) in [6, 6.07) is -0.202. The molecule has 6 nitrogen and oxygen atoms in total. The average Bonchev–Trinajstić information content (AvgIpc) is 2.59. The summed E-state index contributed by atoms with van der Waals surface area (Å²) >= 11 is 0. The van der Waals surface area contributed by atoms with Gasteiger partial charge in [-0.15, -0.1) is 0 Å². The first-order valence-electron chi connectivity index (χ1n) is 4.10. The van der Waals surface area contributed by atoms with Crippen LogP contribution >= 0.6 is 0 Å². The smallest absolute Gasteiger partial charge is 0.282 e. The summed E-state index contributed by atoms with van der Waals surface area (Å²) in [5.74, 6) is 4.64. The van der Waals surface area contributed by atoms with E-state index < -0.39 is 0 Å². The lowest BCUT2D eigenvalue weighted by atomic mass is 10.3. The fraction of sp³-hybridized carbons (Fsp3) is 0.571. The number of hydrazine groups is 2. The maximum atomic E-state index is 11.2. The van der Waals surface area contributed by atoms with Crippen LogP contribution in [0.4, 0.5) is 0 Å². The van der Waals surface area contributed by atoms with E-state index in [0.29, 0.717) is 12.2 Å². The number of likely N-dealkylation sites (N-methyl/N-ethyl adjacent to an activating group) is 1. The summed E-state index contributed by atoms with van der Waals surface area (Å²) in [5.41, 5.74) is 5.42. The number of nitrogens with zero attached hydrogens (tertiary/aromatic N) is 1. The molecule has 1 rings (SSSR count). The Morgan fingerprint density at radius 2 is 2.62 bits per heavy atom. The van der Waals surface area contributed by atoms with E-state index in [-0.39, 0.29) is 18.6 Å². The lowest BCUT2D eigenvalue weighted by molar-refractivity contribution is -0.119. The summed E-state index contributed by atoms with van der Waals surface area (Å²) in [7, 11) is 0. The van der Waals surface area contributed by atoms with Crippen molar-refractivity contribution in [1.82, 2.24) is 15.9 Å². The van der Waals surface area contributed by atoms with Crippen molar-refractivity contribution in [2.75, 3.05) is 13.2 Å². The van der Waals surface area contributed by atoms with E-state index >= 15 is 0 Å². The molecule has 0 aromatic rings. The summed E-state index contributed by atoms with van der Waals surface area (Å²) in [6.45, 7) is 2.48. The molecule has 0 aromatic heterocycles. The highest BCUT2D eigenvalue weighted by Crippen LogP contribution is 2.10. The Kier molecular flexibility index (Phi) is 3.24. The third-order valence-corrected chi connectivity index (χ3v) is 1.85. The summed E-state index contributed by atoms with van der Waals surface area (Å²) in [5, 5.41) is 10.5. The minimum atomic E-state index is -0.356. The topological polar surface area (TPSA) is 90.6 Å². The second-order valence-electron chi connectivity index (χ2n) is 2.69. The van der Waals surface area contributed by atoms with Gasteiger partial charge in [-0.05, 0) is 13.0 Å². The lowest BCUT2D eigenvalue weighted by Gasteiger charge is -2.20. The number of amides is 1. The molecular formula is C7H14N4O2. The number of carbonyl (C=O) groups is 1. The first-order chi connectivity index (χ1) is 6.22. The van der Waals surface area contributed by atoms with Gasteiger partial charge in [0.05, 0.1) is 12.6 Å². The van der Waals surface area contributed by atoms with Crippen molar-refractivity contribution in [3.63, 3.8) is 0 Å². The highest BCUT2D eigenvalue weighted by molar-refractivity contribution is 5.92. The molecule has 1 aliphatic heterocycles. The van der Waals surface area contributed by atoms with Crippen LogP contribution in [0.2, 0.25) is 0 Å². The predicted molar refractivity (Wildman–Crippen MR) is 46.8 cm³/mol. The van der Waals surface area contributed by atoms with Crippen LogP contribution in [-0.2, 0) is 4.79 Å². The van der Waals surface area contributed by atoms with E-state index in [2.05, 4.69) is 5.43 Å². The summed E-state index contributed by atoms with van der Waals surface area (Å²) in [6.07, 6.45) is 1.64. The monoisotopic (exact) mass is 186 g/mol. The molecule has 1 unspecified atom stereocenters. The van der Waals surface area contributed by atoms with Crippen molar-refractivity contribution in [2.24, 2.45) is 5.84 Å². The van der Waals surface area contributed by atoms with E-state index in [9.17, 15) is 4.79 Å². The van der Waals surface area contributed by atoms with Gasteiger partial charge >= 0.3 is 0 Å². The number of nitrogens with two attached hydrogens (primary N) is 1. The summed E-state index contributed by atoms with van der Waals surface area (Å²) < 4.78 is 0. The van der Waals surface area contributed by atoms with Gasteiger partial charge in [0.25, 0.3) is 5.91 Å². The van der Waals surface area contributed by atoms with Gasteiger partial charge in [-0.3, -0.25) is 10.2 Å². The van der Waals surface area contributed by atoms with Crippen LogP contribution in [0.1, 0.15) is 6.92 Å². The molecular weight excluding hydrogens is 172 g/mol. The zero-order chi connectivity index (χ0) is 9.84. The van der Waals surface area contributed by atoms with Gasteiger partial charge in [0.15, 0.2) is 0 Å². The zero-order valence-electron chi connectivity index (χ0n) is 7.45. The number of nitrogens with one attached hydrogen (secondary N) is 2. The van der Waals surface area contributed by atoms with Crippen molar-refractivity contribution < 1.29 is 9.90 Å². The average molecular weight is 186 g/mol. The van der Waals surface area contributed by atoms with Crippen molar-refractivity contribution in [3.05, 3.63) is 11.8 Å². The van der Waals surface area contributed by atoms with Crippen LogP contribution in [-0.4, -0.2) is 35.2 Å². The minimum Gasteiger partial charge on any atom is -0.394 e. The van der Waals surface area contributed by atoms with Gasteiger partial charge in [0.2, 0.25) is 0 Å². The third kappa shape index (κ3) is 1.97. The normalized spacial score (nSPS) is 21.6. The first-order valence-corrected chi connectivity index (χ1v) is 4.10. The molecule has 74 valence electrons. The van der Waals surface area contributed by atoms with Crippen LogP contribution < -0.4 is 16.7 Å². The number of aliphatic hydroxyl groups is 1. The Morgan fingerprint density at radius 1 is 1.92 bits per heavy atom. The first kappa shape index (κ1) is 9.97. The quantitative estimate of drug-likeness (QED) is 0.234. The molecule has 1 amide bonds. The fourth-order valence-electron chi connectivity index (χ4n) is 1.21. The molecule has 0 fully saturated rings. The van der Waals surface area contributed by atoms with Gasteiger partial charge in [0.1, 0.15) is 5.70 Å². The van der Waals surface area contributed by atoms with Gasteiger partial charge in [-0.2, -0.15) is 0 Å². The molecule has 1 atom stereocenters. The maximum absolute atomic E-state index is 11.2. The molecule has 0 aliphatic carbocycles. The van der Waals surface area contributed by atoms with Gasteiger partial charge in [-0.1, -0.05) is 0 Å². The van der Waals surface area contributed by atoms with Crippen molar-refractivity contribution in [3.8, 4) is 0 Å². The van der Waals surface area contributed by atoms with E-state index in [1.165, 1.54) is 0 Å². The van der Waals surface area contributed by atoms with Crippen LogP contribution in [0.15, 0.2) is 11.8 Å². The van der Waals surface area contributed by atoms with Crippen molar-refractivity contribution in [1.29, 1.82) is 0 Å². The maximum Gasteiger partial charge on any atom is 0.282 e. The molecule has 0 bridgehead atoms. The number of aliphatic hydroxyl groups excluding tert-OH is 1. The minimum absolute atomic E-state index is 0.0438. The van der Waals surface area contributed by atoms with Crippen LogP contribution in [0.25, 0.3) is 0 Å². The highest BCUT2D eigenvalue weighted by Gasteiger charge is 2.25. The highest BCUT2D eigenvalue weighted by atomic mass is 16.3. The van der Waals surface area contributed by atoms with E-state index in [1.54, 1.807) is 11.1 Å². The largest absolute Gasteiger partial charge is 0.394 e. The SMILES string of the molecule is CCN1NC(CO)C=C1C(=O)NN. The molecule has 6 heteroatoms. The standard InChI is InChI=1S/C7H14N4O2/c1-2-11-6(7(13)9-8)3-5(4-12)10-11/h3,5,10,12H,2,4,8H2,1H3,(H,9,13). The molecule has 0 spiro atoms. The Balaban J connectivity index is 2.72. The molecule has 0 saturated carbocycles. The van der Waals surface area contributed by atoms with Crippen LogP contribution in [0.3, 0.4) is 0 Å². The van der Waals surface area contributed by atoms with Gasteiger partial charge in [0, 0.05) is 6.54 Å². The van der Waals surface area contributed by atoms with E-state index in [0.717, 1.165) is 0 Å².